The lowest BCUT2D eigenvalue weighted by Gasteiger charge is -2.12. The smallest absolute Gasteiger partial charge is 0.251 e. The maximum absolute atomic E-state index is 12.6. The van der Waals surface area contributed by atoms with Crippen molar-refractivity contribution in [1.29, 1.82) is 0 Å². The number of aryl methyl sites for hydroxylation is 1. The van der Waals surface area contributed by atoms with E-state index in [9.17, 15) is 4.79 Å². The third-order valence-corrected chi connectivity index (χ3v) is 4.91. The van der Waals surface area contributed by atoms with Gasteiger partial charge in [-0.15, -0.1) is 0 Å². The number of methoxy groups -OCH3 is 1. The lowest BCUT2D eigenvalue weighted by Crippen LogP contribution is -2.34. The van der Waals surface area contributed by atoms with Crippen LogP contribution in [0.5, 0.6) is 5.75 Å². The van der Waals surface area contributed by atoms with E-state index >= 15 is 0 Å². The first-order valence-corrected chi connectivity index (χ1v) is 9.09. The van der Waals surface area contributed by atoms with Crippen LogP contribution < -0.4 is 10.1 Å². The van der Waals surface area contributed by atoms with Crippen LogP contribution in [0.1, 0.15) is 22.3 Å². The van der Waals surface area contributed by atoms with Gasteiger partial charge >= 0.3 is 0 Å². The van der Waals surface area contributed by atoms with Crippen LogP contribution in [0.4, 0.5) is 0 Å². The third-order valence-electron chi connectivity index (χ3n) is 4.91. The number of aromatic nitrogens is 1. The Hall–Kier alpha value is -2.92. The summed E-state index contributed by atoms with van der Waals surface area (Å²) in [5.74, 6) is 0.662. The number of pyridine rings is 1. The number of ether oxygens (including phenoxy) is 2. The fourth-order valence-electron chi connectivity index (χ4n) is 3.44. The molecule has 0 saturated carbocycles. The van der Waals surface area contributed by atoms with E-state index in [-0.39, 0.29) is 11.9 Å². The van der Waals surface area contributed by atoms with Gasteiger partial charge in [-0.05, 0) is 43.2 Å². The van der Waals surface area contributed by atoms with Crippen LogP contribution in [-0.4, -0.2) is 37.3 Å². The molecule has 4 rings (SSSR count). The number of nitrogens with one attached hydrogen (secondary N) is 1. The largest absolute Gasteiger partial charge is 0.494 e. The van der Waals surface area contributed by atoms with Crippen molar-refractivity contribution in [3.63, 3.8) is 0 Å². The van der Waals surface area contributed by atoms with Crippen LogP contribution in [-0.2, 0) is 4.74 Å². The average molecular weight is 362 g/mol. The second-order valence-electron chi connectivity index (χ2n) is 6.80. The molecule has 1 amide bonds. The first-order valence-electron chi connectivity index (χ1n) is 9.09. The zero-order chi connectivity index (χ0) is 18.8. The summed E-state index contributed by atoms with van der Waals surface area (Å²) in [6, 6.07) is 15.6. The number of amides is 1. The van der Waals surface area contributed by atoms with E-state index in [1.807, 2.05) is 48.5 Å². The van der Waals surface area contributed by atoms with Crippen LogP contribution in [0.3, 0.4) is 0 Å². The zero-order valence-corrected chi connectivity index (χ0v) is 15.5. The van der Waals surface area contributed by atoms with Crippen molar-refractivity contribution in [2.75, 3.05) is 20.3 Å². The molecule has 1 saturated heterocycles. The molecule has 1 aliphatic rings. The number of nitrogens with zero attached hydrogens (tertiary/aromatic N) is 1. The summed E-state index contributed by atoms with van der Waals surface area (Å²) in [4.78, 5) is 17.4. The number of hydrogen-bond acceptors (Lipinski definition) is 4. The fraction of sp³-hybridized carbons (Fsp3) is 0.273. The molecular weight excluding hydrogens is 340 g/mol. The number of para-hydroxylation sites is 1. The summed E-state index contributed by atoms with van der Waals surface area (Å²) in [6.07, 6.45) is 0.858. The van der Waals surface area contributed by atoms with E-state index in [0.717, 1.165) is 39.9 Å². The topological polar surface area (TPSA) is 60.5 Å². The molecule has 2 heterocycles. The standard InChI is InChI=1S/C22H22N2O3/c1-14-11-19(24-21-18(14)7-4-8-20(21)26-2)15-5-3-6-16(12-15)22(25)23-17-9-10-27-13-17/h3-8,11-12,17H,9-10,13H2,1-2H3,(H,23,25)/t17-/m1/s1. The fourth-order valence-corrected chi connectivity index (χ4v) is 3.44. The molecule has 0 spiro atoms. The van der Waals surface area contributed by atoms with Crippen LogP contribution >= 0.6 is 0 Å². The van der Waals surface area contributed by atoms with Crippen molar-refractivity contribution >= 4 is 16.8 Å². The molecule has 27 heavy (non-hydrogen) atoms. The van der Waals surface area contributed by atoms with Crippen molar-refractivity contribution in [3.05, 3.63) is 59.7 Å². The third kappa shape index (κ3) is 3.51. The van der Waals surface area contributed by atoms with Crippen LogP contribution in [0, 0.1) is 6.92 Å². The molecule has 0 unspecified atom stereocenters. The normalized spacial score (nSPS) is 16.4. The van der Waals surface area contributed by atoms with Gasteiger partial charge < -0.3 is 14.8 Å². The van der Waals surface area contributed by atoms with Crippen molar-refractivity contribution < 1.29 is 14.3 Å². The quantitative estimate of drug-likeness (QED) is 0.768. The highest BCUT2D eigenvalue weighted by molar-refractivity contribution is 5.96. The Morgan fingerprint density at radius 2 is 2.07 bits per heavy atom. The number of fused-ring (bicyclic) bond motifs is 1. The average Bonchev–Trinajstić information content (AvgIpc) is 3.20. The molecule has 0 radical (unpaired) electrons. The first-order chi connectivity index (χ1) is 13.2. The van der Waals surface area contributed by atoms with Gasteiger partial charge in [-0.2, -0.15) is 0 Å². The van der Waals surface area contributed by atoms with E-state index in [2.05, 4.69) is 12.2 Å². The Kier molecular flexibility index (Phi) is 4.77. The molecule has 1 fully saturated rings. The van der Waals surface area contributed by atoms with E-state index in [4.69, 9.17) is 14.5 Å². The summed E-state index contributed by atoms with van der Waals surface area (Å²) in [7, 11) is 1.65. The highest BCUT2D eigenvalue weighted by Crippen LogP contribution is 2.30. The van der Waals surface area contributed by atoms with Gasteiger partial charge in [0.1, 0.15) is 11.3 Å². The molecule has 1 aliphatic heterocycles. The summed E-state index contributed by atoms with van der Waals surface area (Å²) >= 11 is 0. The minimum atomic E-state index is -0.0811. The first kappa shape index (κ1) is 17.5. The monoisotopic (exact) mass is 362 g/mol. The minimum absolute atomic E-state index is 0.0811. The maximum atomic E-state index is 12.6. The number of hydrogen-bond donors (Lipinski definition) is 1. The van der Waals surface area contributed by atoms with Gasteiger partial charge in [-0.1, -0.05) is 24.3 Å². The van der Waals surface area contributed by atoms with E-state index in [0.29, 0.717) is 18.8 Å². The number of carbonyl (C=O) groups is 1. The van der Waals surface area contributed by atoms with Gasteiger partial charge in [0, 0.05) is 23.1 Å². The summed E-state index contributed by atoms with van der Waals surface area (Å²) in [5, 5.41) is 4.09. The molecule has 0 aliphatic carbocycles. The Bertz CT molecular complexity index is 994. The lowest BCUT2D eigenvalue weighted by molar-refractivity contribution is 0.0930. The molecule has 1 atom stereocenters. The second kappa shape index (κ2) is 7.37. The Morgan fingerprint density at radius 3 is 2.85 bits per heavy atom. The van der Waals surface area contributed by atoms with Crippen molar-refractivity contribution in [3.8, 4) is 17.0 Å². The molecule has 1 aromatic heterocycles. The van der Waals surface area contributed by atoms with Gasteiger partial charge in [-0.3, -0.25) is 4.79 Å². The maximum Gasteiger partial charge on any atom is 0.251 e. The Morgan fingerprint density at radius 1 is 1.22 bits per heavy atom. The highest BCUT2D eigenvalue weighted by atomic mass is 16.5. The molecule has 5 nitrogen and oxygen atoms in total. The van der Waals surface area contributed by atoms with E-state index in [1.165, 1.54) is 0 Å². The Labute approximate surface area is 158 Å². The Balaban J connectivity index is 1.70. The van der Waals surface area contributed by atoms with Gasteiger partial charge in [0.15, 0.2) is 0 Å². The predicted octanol–water partition coefficient (Wildman–Crippen LogP) is 3.74. The molecule has 2 aromatic carbocycles. The van der Waals surface area contributed by atoms with Gasteiger partial charge in [0.2, 0.25) is 0 Å². The van der Waals surface area contributed by atoms with E-state index in [1.54, 1.807) is 7.11 Å². The molecule has 5 heteroatoms. The van der Waals surface area contributed by atoms with Gasteiger partial charge in [0.25, 0.3) is 5.91 Å². The molecule has 138 valence electrons. The summed E-state index contributed by atoms with van der Waals surface area (Å²) in [5.41, 5.74) is 4.29. The SMILES string of the molecule is COc1cccc2c(C)cc(-c3cccc(C(=O)N[C@@H]4CCOC4)c3)nc12. The molecule has 0 bridgehead atoms. The second-order valence-corrected chi connectivity index (χ2v) is 6.80. The van der Waals surface area contributed by atoms with Crippen LogP contribution in [0.15, 0.2) is 48.5 Å². The highest BCUT2D eigenvalue weighted by Gasteiger charge is 2.19. The summed E-state index contributed by atoms with van der Waals surface area (Å²) in [6.45, 7) is 3.34. The van der Waals surface area contributed by atoms with Gasteiger partial charge in [-0.25, -0.2) is 4.98 Å². The van der Waals surface area contributed by atoms with Crippen LogP contribution in [0.2, 0.25) is 0 Å². The predicted molar refractivity (Wildman–Crippen MR) is 105 cm³/mol. The molecule has 1 N–H and O–H groups in total. The number of carbonyl (C=O) groups excluding carboxylic acids is 1. The zero-order valence-electron chi connectivity index (χ0n) is 15.5. The molecule has 3 aromatic rings. The van der Waals surface area contributed by atoms with Crippen molar-refractivity contribution in [1.82, 2.24) is 10.3 Å². The summed E-state index contributed by atoms with van der Waals surface area (Å²) < 4.78 is 10.8. The van der Waals surface area contributed by atoms with Gasteiger partial charge in [0.05, 0.1) is 25.5 Å². The molecular formula is C22H22N2O3. The number of rotatable bonds is 4. The van der Waals surface area contributed by atoms with Crippen LogP contribution in [0.25, 0.3) is 22.2 Å². The van der Waals surface area contributed by atoms with Crippen molar-refractivity contribution in [2.45, 2.75) is 19.4 Å². The van der Waals surface area contributed by atoms with E-state index < -0.39 is 0 Å². The lowest BCUT2D eigenvalue weighted by atomic mass is 10.0. The minimum Gasteiger partial charge on any atom is -0.494 e. The van der Waals surface area contributed by atoms with Crippen molar-refractivity contribution in [2.24, 2.45) is 0 Å². The number of benzene rings is 2.